The van der Waals surface area contributed by atoms with E-state index in [-0.39, 0.29) is 39.5 Å². The number of hydrogen-bond acceptors (Lipinski definition) is 5. The molecule has 0 radical (unpaired) electrons. The van der Waals surface area contributed by atoms with Gasteiger partial charge < -0.3 is 15.4 Å². The smallest absolute Gasteiger partial charge is 0.270 e. The molecule has 3 rings (SSSR count). The van der Waals surface area contributed by atoms with Crippen LogP contribution in [0.5, 0.6) is 0 Å². The highest BCUT2D eigenvalue weighted by Crippen LogP contribution is 2.24. The molecule has 1 heterocycles. The zero-order valence-corrected chi connectivity index (χ0v) is 15.6. The molecule has 2 N–H and O–H groups in total. The van der Waals surface area contributed by atoms with Crippen molar-refractivity contribution in [3.8, 4) is 0 Å². The highest BCUT2D eigenvalue weighted by atomic mass is 35.5. The van der Waals surface area contributed by atoms with Gasteiger partial charge in [0.2, 0.25) is 0 Å². The second kappa shape index (κ2) is 8.81. The molecule has 0 aliphatic carbocycles. The van der Waals surface area contributed by atoms with E-state index in [0.717, 1.165) is 18.9 Å². The fraction of sp³-hybridized carbons (Fsp3) is 0.263. The van der Waals surface area contributed by atoms with Crippen molar-refractivity contribution >= 4 is 34.8 Å². The summed E-state index contributed by atoms with van der Waals surface area (Å²) in [5.41, 5.74) is 0.248. The zero-order chi connectivity index (χ0) is 20.1. The molecule has 9 heteroatoms. The van der Waals surface area contributed by atoms with Gasteiger partial charge in [-0.25, -0.2) is 0 Å². The van der Waals surface area contributed by atoms with Gasteiger partial charge in [0.25, 0.3) is 17.5 Å². The minimum absolute atomic E-state index is 0.00521. The number of carbonyl (C=O) groups excluding carboxylic acids is 2. The van der Waals surface area contributed by atoms with E-state index in [1.165, 1.54) is 12.1 Å². The van der Waals surface area contributed by atoms with Crippen molar-refractivity contribution in [2.24, 2.45) is 0 Å². The lowest BCUT2D eigenvalue weighted by atomic mass is 10.1. The van der Waals surface area contributed by atoms with Gasteiger partial charge in [-0.05, 0) is 31.0 Å². The third-order valence-corrected chi connectivity index (χ3v) is 4.67. The average molecular weight is 404 g/mol. The summed E-state index contributed by atoms with van der Waals surface area (Å²) in [7, 11) is 0. The topological polar surface area (TPSA) is 111 Å². The highest BCUT2D eigenvalue weighted by molar-refractivity contribution is 6.34. The maximum atomic E-state index is 12.6. The molecule has 0 saturated carbocycles. The van der Waals surface area contributed by atoms with Crippen LogP contribution in [0.3, 0.4) is 0 Å². The molecule has 146 valence electrons. The summed E-state index contributed by atoms with van der Waals surface area (Å²) in [6.07, 6.45) is 1.86. The Bertz CT molecular complexity index is 912. The highest BCUT2D eigenvalue weighted by Gasteiger charge is 2.20. The van der Waals surface area contributed by atoms with E-state index in [9.17, 15) is 19.7 Å². The number of rotatable bonds is 6. The summed E-state index contributed by atoms with van der Waals surface area (Å²) in [6.45, 7) is 1.08. The number of halogens is 1. The standard InChI is InChI=1S/C19H18ClN3O5/c20-16-8-7-12(23(26)27)10-15(16)19(25)22-17-6-2-1-5-14(17)18(24)21-11-13-4-3-9-28-13/h1-2,5-8,10,13H,3-4,9,11H2,(H,21,24)(H,22,25)/t13-/m1/s1. The van der Waals surface area contributed by atoms with Gasteiger partial charge >= 0.3 is 0 Å². The first-order valence-corrected chi connectivity index (χ1v) is 9.07. The molecule has 1 saturated heterocycles. The number of nitro benzene ring substituents is 1. The molecule has 1 aliphatic rings. The molecule has 28 heavy (non-hydrogen) atoms. The van der Waals surface area contributed by atoms with Gasteiger partial charge in [-0.1, -0.05) is 23.7 Å². The molecule has 1 fully saturated rings. The normalized spacial score (nSPS) is 15.8. The number of non-ortho nitro benzene ring substituents is 1. The van der Waals surface area contributed by atoms with Crippen molar-refractivity contribution < 1.29 is 19.2 Å². The minimum Gasteiger partial charge on any atom is -0.376 e. The number of nitro groups is 1. The van der Waals surface area contributed by atoms with Crippen LogP contribution < -0.4 is 10.6 Å². The van der Waals surface area contributed by atoms with Crippen LogP contribution in [0, 0.1) is 10.1 Å². The minimum atomic E-state index is -0.645. The molecular weight excluding hydrogens is 386 g/mol. The van der Waals surface area contributed by atoms with E-state index in [2.05, 4.69) is 10.6 Å². The lowest BCUT2D eigenvalue weighted by molar-refractivity contribution is -0.384. The number of anilines is 1. The van der Waals surface area contributed by atoms with Crippen LogP contribution in [0.25, 0.3) is 0 Å². The maximum Gasteiger partial charge on any atom is 0.270 e. The number of hydrogen-bond donors (Lipinski definition) is 2. The molecule has 1 atom stereocenters. The monoisotopic (exact) mass is 403 g/mol. The molecule has 2 aromatic rings. The summed E-state index contributed by atoms with van der Waals surface area (Å²) < 4.78 is 5.48. The van der Waals surface area contributed by atoms with Crippen molar-refractivity contribution in [2.45, 2.75) is 18.9 Å². The van der Waals surface area contributed by atoms with Crippen molar-refractivity contribution in [3.63, 3.8) is 0 Å². The van der Waals surface area contributed by atoms with Gasteiger partial charge in [0.1, 0.15) is 0 Å². The van der Waals surface area contributed by atoms with E-state index in [4.69, 9.17) is 16.3 Å². The average Bonchev–Trinajstić information content (AvgIpc) is 3.20. The van der Waals surface area contributed by atoms with Crippen LogP contribution in [0.4, 0.5) is 11.4 Å². The van der Waals surface area contributed by atoms with Crippen molar-refractivity contribution in [2.75, 3.05) is 18.5 Å². The summed E-state index contributed by atoms with van der Waals surface area (Å²) in [6, 6.07) is 10.1. The number of benzene rings is 2. The Hall–Kier alpha value is -2.97. The van der Waals surface area contributed by atoms with Gasteiger partial charge in [-0.15, -0.1) is 0 Å². The number of nitrogens with one attached hydrogen (secondary N) is 2. The van der Waals surface area contributed by atoms with E-state index in [0.29, 0.717) is 13.2 Å². The molecule has 2 aromatic carbocycles. The second-order valence-electron chi connectivity index (χ2n) is 6.27. The molecule has 0 unspecified atom stereocenters. The van der Waals surface area contributed by atoms with E-state index >= 15 is 0 Å². The summed E-state index contributed by atoms with van der Waals surface area (Å²) in [5.74, 6) is -0.996. The lowest BCUT2D eigenvalue weighted by Gasteiger charge is -2.14. The molecule has 1 aliphatic heterocycles. The predicted molar refractivity (Wildman–Crippen MR) is 104 cm³/mol. The molecule has 0 aromatic heterocycles. The summed E-state index contributed by atoms with van der Waals surface area (Å²) in [5, 5.41) is 16.4. The number of carbonyl (C=O) groups is 2. The SMILES string of the molecule is O=C(Nc1ccccc1C(=O)NC[C@H]1CCCO1)c1cc([N+](=O)[O-])ccc1Cl. The van der Waals surface area contributed by atoms with E-state index in [1.807, 2.05) is 0 Å². The Morgan fingerprint density at radius 3 is 2.68 bits per heavy atom. The Morgan fingerprint density at radius 1 is 1.18 bits per heavy atom. The van der Waals surface area contributed by atoms with Gasteiger partial charge in [0.05, 0.1) is 32.9 Å². The Morgan fingerprint density at radius 2 is 1.96 bits per heavy atom. The summed E-state index contributed by atoms with van der Waals surface area (Å²) >= 11 is 6.01. The third-order valence-electron chi connectivity index (χ3n) is 4.34. The van der Waals surface area contributed by atoms with Crippen LogP contribution in [0.1, 0.15) is 33.6 Å². The lowest BCUT2D eigenvalue weighted by Crippen LogP contribution is -2.32. The van der Waals surface area contributed by atoms with Crippen LogP contribution in [-0.4, -0.2) is 36.0 Å². The number of amides is 2. The zero-order valence-electron chi connectivity index (χ0n) is 14.8. The first kappa shape index (κ1) is 19.8. The molecule has 0 spiro atoms. The first-order valence-electron chi connectivity index (χ1n) is 8.70. The first-order chi connectivity index (χ1) is 13.5. The molecule has 0 bridgehead atoms. The van der Waals surface area contributed by atoms with Crippen LogP contribution in [0.2, 0.25) is 5.02 Å². The predicted octanol–water partition coefficient (Wildman–Crippen LogP) is 3.41. The van der Waals surface area contributed by atoms with Crippen LogP contribution in [0.15, 0.2) is 42.5 Å². The Balaban J connectivity index is 1.75. The quantitative estimate of drug-likeness (QED) is 0.567. The van der Waals surface area contributed by atoms with Gasteiger partial charge in [-0.3, -0.25) is 19.7 Å². The van der Waals surface area contributed by atoms with Gasteiger partial charge in [-0.2, -0.15) is 0 Å². The van der Waals surface area contributed by atoms with Crippen molar-refractivity contribution in [1.82, 2.24) is 5.32 Å². The van der Waals surface area contributed by atoms with E-state index < -0.39 is 10.8 Å². The van der Waals surface area contributed by atoms with Crippen molar-refractivity contribution in [3.05, 3.63) is 68.7 Å². The maximum absolute atomic E-state index is 12.6. The number of ether oxygens (including phenoxy) is 1. The Labute approximate surface area is 166 Å². The molecule has 8 nitrogen and oxygen atoms in total. The molecular formula is C19H18ClN3O5. The van der Waals surface area contributed by atoms with Gasteiger partial charge in [0.15, 0.2) is 0 Å². The van der Waals surface area contributed by atoms with Crippen molar-refractivity contribution in [1.29, 1.82) is 0 Å². The van der Waals surface area contributed by atoms with E-state index in [1.54, 1.807) is 24.3 Å². The number of para-hydroxylation sites is 1. The number of nitrogens with zero attached hydrogens (tertiary/aromatic N) is 1. The fourth-order valence-electron chi connectivity index (χ4n) is 2.89. The van der Waals surface area contributed by atoms with Crippen LogP contribution >= 0.6 is 11.6 Å². The van der Waals surface area contributed by atoms with Gasteiger partial charge in [0, 0.05) is 25.3 Å². The third kappa shape index (κ3) is 4.65. The van der Waals surface area contributed by atoms with Crippen LogP contribution in [-0.2, 0) is 4.74 Å². The molecule has 2 amide bonds. The second-order valence-corrected chi connectivity index (χ2v) is 6.67. The fourth-order valence-corrected chi connectivity index (χ4v) is 3.09. The largest absolute Gasteiger partial charge is 0.376 e. The Kier molecular flexibility index (Phi) is 6.23. The summed E-state index contributed by atoms with van der Waals surface area (Å²) in [4.78, 5) is 35.4.